The minimum Gasteiger partial charge on any atom is -0.379 e. The minimum absolute atomic E-state index is 0.0299. The van der Waals surface area contributed by atoms with Crippen molar-refractivity contribution >= 4 is 23.4 Å². The first-order valence-corrected chi connectivity index (χ1v) is 10.7. The van der Waals surface area contributed by atoms with Gasteiger partial charge in [0.1, 0.15) is 6.04 Å². The predicted molar refractivity (Wildman–Crippen MR) is 115 cm³/mol. The number of benzene rings is 1. The second-order valence-corrected chi connectivity index (χ2v) is 9.22. The number of hydrogen-bond donors (Lipinski definition) is 0. The average molecular weight is 427 g/mol. The molecule has 2 heterocycles. The molecule has 1 unspecified atom stereocenters. The van der Waals surface area contributed by atoms with Crippen molar-refractivity contribution in [3.63, 3.8) is 0 Å². The monoisotopic (exact) mass is 426 g/mol. The van der Waals surface area contributed by atoms with Crippen LogP contribution in [0.25, 0.3) is 0 Å². The molecule has 0 aliphatic carbocycles. The summed E-state index contributed by atoms with van der Waals surface area (Å²) >= 11 is 0. The molecule has 31 heavy (non-hydrogen) atoms. The third-order valence-corrected chi connectivity index (χ3v) is 5.52. The molecule has 3 amide bonds. The molecule has 1 aromatic rings. The molecule has 2 aliphatic rings. The molecule has 0 bridgehead atoms. The Morgan fingerprint density at radius 2 is 1.84 bits per heavy atom. The number of ether oxygens (including phenoxy) is 1. The van der Waals surface area contributed by atoms with Crippen LogP contribution in [0.2, 0.25) is 0 Å². The molecule has 2 fully saturated rings. The molecule has 0 aromatic heterocycles. The van der Waals surface area contributed by atoms with Gasteiger partial charge in [-0.2, -0.15) is 5.26 Å². The third-order valence-electron chi connectivity index (χ3n) is 5.52. The van der Waals surface area contributed by atoms with Crippen molar-refractivity contribution in [1.82, 2.24) is 9.80 Å². The van der Waals surface area contributed by atoms with Crippen molar-refractivity contribution in [2.24, 2.45) is 5.41 Å². The summed E-state index contributed by atoms with van der Waals surface area (Å²) < 4.78 is 5.38. The second kappa shape index (κ2) is 9.58. The van der Waals surface area contributed by atoms with Crippen molar-refractivity contribution in [1.29, 1.82) is 5.26 Å². The molecule has 2 saturated heterocycles. The molecule has 8 heteroatoms. The van der Waals surface area contributed by atoms with E-state index in [1.807, 2.05) is 26.8 Å². The summed E-state index contributed by atoms with van der Waals surface area (Å²) in [6.07, 6.45) is 0.267. The molecular formula is C23H30N4O4. The molecule has 1 aromatic carbocycles. The smallest absolute Gasteiger partial charge is 0.257 e. The largest absolute Gasteiger partial charge is 0.379 e. The van der Waals surface area contributed by atoms with Gasteiger partial charge in [-0.15, -0.1) is 0 Å². The van der Waals surface area contributed by atoms with Gasteiger partial charge in [0.15, 0.2) is 0 Å². The summed E-state index contributed by atoms with van der Waals surface area (Å²) in [4.78, 5) is 44.1. The van der Waals surface area contributed by atoms with Crippen LogP contribution in [0.4, 0.5) is 5.69 Å². The lowest BCUT2D eigenvalue weighted by molar-refractivity contribution is -0.140. The maximum absolute atomic E-state index is 13.2. The number of nitriles is 1. The number of amides is 3. The van der Waals surface area contributed by atoms with Gasteiger partial charge in [-0.1, -0.05) is 20.8 Å². The third kappa shape index (κ3) is 5.69. The number of nitrogens with zero attached hydrogens (tertiary/aromatic N) is 4. The molecule has 3 rings (SSSR count). The minimum atomic E-state index is -0.806. The van der Waals surface area contributed by atoms with Gasteiger partial charge in [0, 0.05) is 32.6 Å². The quantitative estimate of drug-likeness (QED) is 0.644. The van der Waals surface area contributed by atoms with Gasteiger partial charge < -0.3 is 9.64 Å². The van der Waals surface area contributed by atoms with E-state index in [1.54, 1.807) is 29.2 Å². The fraction of sp³-hybridized carbons (Fsp3) is 0.565. The molecule has 166 valence electrons. The van der Waals surface area contributed by atoms with Crippen LogP contribution in [0.5, 0.6) is 0 Å². The van der Waals surface area contributed by atoms with Crippen LogP contribution in [-0.4, -0.2) is 73.0 Å². The first kappa shape index (κ1) is 22.9. The Kier molecular flexibility index (Phi) is 7.08. The Bertz CT molecular complexity index is 863. The van der Waals surface area contributed by atoms with Crippen molar-refractivity contribution < 1.29 is 19.1 Å². The normalized spacial score (nSPS) is 20.1. The summed E-state index contributed by atoms with van der Waals surface area (Å²) in [5, 5.41) is 8.98. The van der Waals surface area contributed by atoms with E-state index in [0.717, 1.165) is 18.0 Å². The zero-order valence-corrected chi connectivity index (χ0v) is 18.5. The molecule has 2 aliphatic heterocycles. The topological polar surface area (TPSA) is 93.9 Å². The van der Waals surface area contributed by atoms with Crippen LogP contribution in [0.1, 0.15) is 39.2 Å². The van der Waals surface area contributed by atoms with Crippen molar-refractivity contribution in [3.05, 3.63) is 29.8 Å². The molecule has 0 radical (unpaired) electrons. The van der Waals surface area contributed by atoms with E-state index in [0.29, 0.717) is 44.0 Å². The SMILES string of the molecule is CC(C)(C)CC(=O)N(CCN1CCOCC1)C1CC(=O)N(c2ccc(C#N)cc2)C1=O. The molecular weight excluding hydrogens is 396 g/mol. The van der Waals surface area contributed by atoms with Gasteiger partial charge >= 0.3 is 0 Å². The van der Waals surface area contributed by atoms with E-state index in [-0.39, 0.29) is 29.6 Å². The first-order valence-electron chi connectivity index (χ1n) is 10.7. The summed E-state index contributed by atoms with van der Waals surface area (Å²) in [5.41, 5.74) is 0.645. The van der Waals surface area contributed by atoms with E-state index in [2.05, 4.69) is 4.90 Å². The lowest BCUT2D eigenvalue weighted by Gasteiger charge is -2.33. The highest BCUT2D eigenvalue weighted by Gasteiger charge is 2.44. The van der Waals surface area contributed by atoms with Crippen LogP contribution in [-0.2, 0) is 19.1 Å². The summed E-state index contributed by atoms with van der Waals surface area (Å²) in [7, 11) is 0. The van der Waals surface area contributed by atoms with Crippen molar-refractivity contribution in [3.8, 4) is 6.07 Å². The molecule has 8 nitrogen and oxygen atoms in total. The van der Waals surface area contributed by atoms with Crippen LogP contribution < -0.4 is 4.90 Å². The summed E-state index contributed by atoms with van der Waals surface area (Å²) in [5.74, 6) is -0.841. The highest BCUT2D eigenvalue weighted by atomic mass is 16.5. The van der Waals surface area contributed by atoms with Crippen LogP contribution in [0, 0.1) is 16.7 Å². The molecule has 0 spiro atoms. The fourth-order valence-electron chi connectivity index (χ4n) is 3.90. The van der Waals surface area contributed by atoms with Crippen LogP contribution >= 0.6 is 0 Å². The number of rotatable bonds is 6. The van der Waals surface area contributed by atoms with Crippen molar-refractivity contribution in [2.45, 2.75) is 39.7 Å². The van der Waals surface area contributed by atoms with Gasteiger partial charge in [-0.25, -0.2) is 4.90 Å². The summed E-state index contributed by atoms with van der Waals surface area (Å²) in [6.45, 7) is 9.86. The maximum Gasteiger partial charge on any atom is 0.257 e. The van der Waals surface area contributed by atoms with Crippen LogP contribution in [0.15, 0.2) is 24.3 Å². The molecule has 0 saturated carbocycles. The predicted octanol–water partition coefficient (Wildman–Crippen LogP) is 1.79. The maximum atomic E-state index is 13.2. The number of imide groups is 1. The standard InChI is InChI=1S/C23H30N4O4/c1-23(2,3)15-21(29)26(9-8-25-10-12-31-13-11-25)19-14-20(28)27(22(19)30)18-6-4-17(16-24)5-7-18/h4-7,19H,8-15H2,1-3H3. The van der Waals surface area contributed by atoms with Gasteiger partial charge in [0.05, 0.1) is 37.0 Å². The van der Waals surface area contributed by atoms with Gasteiger partial charge in [-0.05, 0) is 29.7 Å². The van der Waals surface area contributed by atoms with Gasteiger partial charge in [-0.3, -0.25) is 19.3 Å². The van der Waals surface area contributed by atoms with Gasteiger partial charge in [0.25, 0.3) is 5.91 Å². The number of carbonyl (C=O) groups excluding carboxylic acids is 3. The second-order valence-electron chi connectivity index (χ2n) is 9.22. The van der Waals surface area contributed by atoms with E-state index >= 15 is 0 Å². The summed E-state index contributed by atoms with van der Waals surface area (Å²) in [6, 6.07) is 7.54. The first-order chi connectivity index (χ1) is 14.7. The number of morpholine rings is 1. The van der Waals surface area contributed by atoms with E-state index in [1.165, 1.54) is 0 Å². The Balaban J connectivity index is 1.79. The van der Waals surface area contributed by atoms with Crippen molar-refractivity contribution in [2.75, 3.05) is 44.3 Å². The zero-order valence-electron chi connectivity index (χ0n) is 18.5. The Morgan fingerprint density at radius 1 is 1.19 bits per heavy atom. The Labute approximate surface area is 183 Å². The lowest BCUT2D eigenvalue weighted by Crippen LogP contribution is -2.50. The van der Waals surface area contributed by atoms with E-state index < -0.39 is 6.04 Å². The van der Waals surface area contributed by atoms with Gasteiger partial charge in [0.2, 0.25) is 11.8 Å². The van der Waals surface area contributed by atoms with Crippen LogP contribution in [0.3, 0.4) is 0 Å². The lowest BCUT2D eigenvalue weighted by atomic mass is 9.91. The average Bonchev–Trinajstić information content (AvgIpc) is 3.01. The van der Waals surface area contributed by atoms with E-state index in [4.69, 9.17) is 10.00 Å². The fourth-order valence-corrected chi connectivity index (χ4v) is 3.90. The number of hydrogen-bond acceptors (Lipinski definition) is 6. The number of carbonyl (C=O) groups is 3. The van der Waals surface area contributed by atoms with E-state index in [9.17, 15) is 14.4 Å². The highest BCUT2D eigenvalue weighted by Crippen LogP contribution is 2.28. The Morgan fingerprint density at radius 3 is 2.42 bits per heavy atom. The molecule has 0 N–H and O–H groups in total. The Hall–Kier alpha value is -2.76. The number of anilines is 1. The zero-order chi connectivity index (χ0) is 22.6. The molecule has 1 atom stereocenters. The highest BCUT2D eigenvalue weighted by molar-refractivity contribution is 6.23.